The Morgan fingerprint density at radius 2 is 1.90 bits per heavy atom. The van der Waals surface area contributed by atoms with Gasteiger partial charge in [0, 0.05) is 42.5 Å². The number of aromatic nitrogens is 1. The highest BCUT2D eigenvalue weighted by Gasteiger charge is 2.55. The fourth-order valence-electron chi connectivity index (χ4n) is 6.13. The number of nitrogens with one attached hydrogen (secondary N) is 2. The third-order valence-corrected chi connectivity index (χ3v) is 11.3. The lowest BCUT2D eigenvalue weighted by molar-refractivity contribution is -0.912. The van der Waals surface area contributed by atoms with E-state index in [1.54, 1.807) is 0 Å². The SMILES string of the molecule is CC(C)(O/N=C(\C(=O)N[C@@H]1C(=O)N2C(C(=O)O)=C(C[N+]3(CCCNC(=O)c4ccc(O)c(O)c4Cl)CCCC3)CS[C@H]12)c1csc(N)n1)C(=O)O. The number of aromatic hydroxyl groups is 2. The molecule has 0 aliphatic carbocycles. The minimum atomic E-state index is -1.79. The first-order valence-corrected chi connectivity index (χ1v) is 18.1. The van der Waals surface area contributed by atoms with Crippen LogP contribution in [0.1, 0.15) is 49.2 Å². The zero-order chi connectivity index (χ0) is 37.2. The van der Waals surface area contributed by atoms with E-state index in [1.807, 2.05) is 0 Å². The van der Waals surface area contributed by atoms with Crippen LogP contribution in [0.2, 0.25) is 5.02 Å². The molecule has 0 saturated carbocycles. The molecule has 4 heterocycles. The van der Waals surface area contributed by atoms with Gasteiger partial charge < -0.3 is 46.1 Å². The number of rotatable bonds is 14. The number of nitrogen functional groups attached to an aromatic ring is 1. The maximum atomic E-state index is 13.5. The fourth-order valence-corrected chi connectivity index (χ4v) is 8.26. The molecule has 17 nitrogen and oxygen atoms in total. The Balaban J connectivity index is 1.26. The maximum Gasteiger partial charge on any atom is 0.352 e. The summed E-state index contributed by atoms with van der Waals surface area (Å²) in [5.74, 6) is -5.36. The smallest absolute Gasteiger partial charge is 0.352 e. The average molecular weight is 767 g/mol. The molecule has 2 aromatic rings. The van der Waals surface area contributed by atoms with E-state index in [4.69, 9.17) is 22.2 Å². The number of anilines is 1. The van der Waals surface area contributed by atoms with E-state index in [0.717, 1.165) is 37.3 Å². The largest absolute Gasteiger partial charge is 0.504 e. The van der Waals surface area contributed by atoms with Gasteiger partial charge in [-0.25, -0.2) is 14.6 Å². The number of oxime groups is 1. The molecule has 274 valence electrons. The lowest BCUT2D eigenvalue weighted by atomic mass is 10.0. The van der Waals surface area contributed by atoms with E-state index < -0.39 is 63.9 Å². The molecule has 0 unspecified atom stereocenters. The summed E-state index contributed by atoms with van der Waals surface area (Å²) in [7, 11) is 0. The maximum absolute atomic E-state index is 13.5. The number of thioether (sulfide) groups is 1. The van der Waals surface area contributed by atoms with Gasteiger partial charge in [0.25, 0.3) is 17.7 Å². The van der Waals surface area contributed by atoms with E-state index in [-0.39, 0.29) is 33.7 Å². The first-order valence-electron chi connectivity index (χ1n) is 15.8. The number of nitrogens with two attached hydrogens (primary N) is 1. The minimum Gasteiger partial charge on any atom is -0.504 e. The summed E-state index contributed by atoms with van der Waals surface area (Å²) in [4.78, 5) is 74.0. The number of hydrogen-bond acceptors (Lipinski definition) is 13. The summed E-state index contributed by atoms with van der Waals surface area (Å²) >= 11 is 8.34. The van der Waals surface area contributed by atoms with Crippen LogP contribution in [0.3, 0.4) is 0 Å². The highest BCUT2D eigenvalue weighted by Crippen LogP contribution is 2.42. The fraction of sp³-hybridized carbons (Fsp3) is 0.452. The van der Waals surface area contributed by atoms with E-state index >= 15 is 0 Å². The molecule has 0 radical (unpaired) electrons. The minimum absolute atomic E-state index is 0.00664. The Kier molecular flexibility index (Phi) is 11.0. The van der Waals surface area contributed by atoms with E-state index in [2.05, 4.69) is 20.8 Å². The summed E-state index contributed by atoms with van der Waals surface area (Å²) in [6.07, 6.45) is 2.41. The van der Waals surface area contributed by atoms with Gasteiger partial charge in [0.05, 0.1) is 30.2 Å². The number of benzene rings is 1. The number of nitrogens with zero attached hydrogens (tertiary/aromatic N) is 4. The number of β-lactam (4-membered cyclic amide) rings is 1. The molecular formula is C31H37ClN7O10S2+. The summed E-state index contributed by atoms with van der Waals surface area (Å²) in [5.41, 5.74) is 4.02. The number of carbonyl (C=O) groups is 5. The zero-order valence-corrected chi connectivity index (χ0v) is 29.9. The van der Waals surface area contributed by atoms with Gasteiger partial charge in [0.15, 0.2) is 22.3 Å². The Bertz CT molecular complexity index is 1820. The molecule has 3 amide bonds. The number of likely N-dealkylation sites (tertiary alicyclic amines) is 1. The lowest BCUT2D eigenvalue weighted by Gasteiger charge is -2.50. The number of carboxylic acid groups (broad SMARTS) is 2. The van der Waals surface area contributed by atoms with E-state index in [0.29, 0.717) is 35.3 Å². The van der Waals surface area contributed by atoms with Gasteiger partial charge in [-0.3, -0.25) is 19.3 Å². The predicted molar refractivity (Wildman–Crippen MR) is 186 cm³/mol. The van der Waals surface area contributed by atoms with Gasteiger partial charge in [0.1, 0.15) is 29.4 Å². The number of quaternary nitrogens is 1. The van der Waals surface area contributed by atoms with Crippen molar-refractivity contribution in [2.75, 3.05) is 44.2 Å². The Morgan fingerprint density at radius 3 is 2.53 bits per heavy atom. The molecular weight excluding hydrogens is 730 g/mol. The third kappa shape index (κ3) is 7.85. The first-order chi connectivity index (χ1) is 24.0. The monoisotopic (exact) mass is 766 g/mol. The highest BCUT2D eigenvalue weighted by atomic mass is 35.5. The van der Waals surface area contributed by atoms with Gasteiger partial charge in [-0.2, -0.15) is 0 Å². The number of amides is 3. The molecule has 3 aliphatic rings. The van der Waals surface area contributed by atoms with Crippen molar-refractivity contribution in [2.45, 2.75) is 50.1 Å². The van der Waals surface area contributed by atoms with Crippen LogP contribution in [-0.4, -0.2) is 126 Å². The number of aliphatic carboxylic acids is 2. The molecule has 1 aromatic carbocycles. The number of carboxylic acids is 2. The molecule has 2 atom stereocenters. The normalized spacial score (nSPS) is 20.0. The van der Waals surface area contributed by atoms with Crippen LogP contribution in [0.4, 0.5) is 5.13 Å². The Hall–Kier alpha value is -4.59. The molecule has 3 aliphatic heterocycles. The molecule has 20 heteroatoms. The number of phenols is 2. The molecule has 0 spiro atoms. The Labute approximate surface area is 304 Å². The average Bonchev–Trinajstić information content (AvgIpc) is 3.73. The van der Waals surface area contributed by atoms with Crippen LogP contribution < -0.4 is 16.4 Å². The van der Waals surface area contributed by atoms with Crippen molar-refractivity contribution in [3.05, 3.63) is 45.1 Å². The van der Waals surface area contributed by atoms with Crippen molar-refractivity contribution < 1.29 is 53.7 Å². The van der Waals surface area contributed by atoms with Crippen LogP contribution in [0.25, 0.3) is 0 Å². The van der Waals surface area contributed by atoms with Crippen molar-refractivity contribution in [3.8, 4) is 11.5 Å². The van der Waals surface area contributed by atoms with Gasteiger partial charge in [0.2, 0.25) is 5.60 Å². The number of thiazole rings is 1. The second kappa shape index (κ2) is 14.9. The van der Waals surface area contributed by atoms with Gasteiger partial charge >= 0.3 is 11.9 Å². The van der Waals surface area contributed by atoms with E-state index in [1.165, 1.54) is 48.0 Å². The second-order valence-electron chi connectivity index (χ2n) is 12.8. The van der Waals surface area contributed by atoms with E-state index in [9.17, 15) is 44.4 Å². The van der Waals surface area contributed by atoms with Crippen LogP contribution in [0.15, 0.2) is 33.9 Å². The highest BCUT2D eigenvalue weighted by molar-refractivity contribution is 8.00. The van der Waals surface area contributed by atoms with Crippen LogP contribution in [0.5, 0.6) is 11.5 Å². The number of fused-ring (bicyclic) bond motifs is 1. The van der Waals surface area contributed by atoms with Crippen LogP contribution in [-0.2, 0) is 24.0 Å². The number of halogens is 1. The Morgan fingerprint density at radius 1 is 1.20 bits per heavy atom. The van der Waals surface area contributed by atoms with Gasteiger partial charge in [-0.1, -0.05) is 16.8 Å². The lowest BCUT2D eigenvalue weighted by Crippen LogP contribution is -2.71. The van der Waals surface area contributed by atoms with Crippen LogP contribution >= 0.6 is 34.7 Å². The number of hydrogen-bond donors (Lipinski definition) is 7. The molecule has 5 rings (SSSR count). The van der Waals surface area contributed by atoms with Crippen molar-refractivity contribution in [1.82, 2.24) is 20.5 Å². The van der Waals surface area contributed by atoms with Crippen molar-refractivity contribution in [2.24, 2.45) is 5.16 Å². The third-order valence-electron chi connectivity index (χ3n) is 8.87. The molecule has 2 saturated heterocycles. The molecule has 0 bridgehead atoms. The summed E-state index contributed by atoms with van der Waals surface area (Å²) in [6, 6.07) is 1.38. The van der Waals surface area contributed by atoms with Gasteiger partial charge in [-0.15, -0.1) is 23.1 Å². The van der Waals surface area contributed by atoms with Crippen molar-refractivity contribution in [1.29, 1.82) is 0 Å². The van der Waals surface area contributed by atoms with Crippen molar-refractivity contribution in [3.63, 3.8) is 0 Å². The van der Waals surface area contributed by atoms with Gasteiger partial charge in [-0.05, 0) is 26.0 Å². The van der Waals surface area contributed by atoms with Crippen molar-refractivity contribution >= 4 is 75.2 Å². The summed E-state index contributed by atoms with van der Waals surface area (Å²) < 4.78 is 0.569. The molecule has 2 fully saturated rings. The number of carbonyl (C=O) groups excluding carboxylic acids is 3. The van der Waals surface area contributed by atoms with Crippen LogP contribution in [0, 0.1) is 0 Å². The predicted octanol–water partition coefficient (Wildman–Crippen LogP) is 1.54. The quantitative estimate of drug-likeness (QED) is 0.0360. The first kappa shape index (κ1) is 37.7. The number of phenolic OH excluding ortho intramolecular Hbond substituents is 2. The standard InChI is InChI=1S/C31H36ClN7O10S2/c1-31(2,29(47)48)49-37-20(17-14-51-30(33)35-17)25(43)36-21-26(44)38-22(28(45)46)15(13-50-27(21)38)12-39(9-3-4-10-39)11-5-8-34-24(42)16-6-7-18(40)23(41)19(16)32/h6-7,14,21,27H,3-5,8-13H2,1-2H3,(H7-,33,34,35,36,37,40,41,42,43,45,46,47,48)/p+1/t21-,27-/m1/s1. The summed E-state index contributed by atoms with van der Waals surface area (Å²) in [6.45, 7) is 5.33. The zero-order valence-electron chi connectivity index (χ0n) is 27.5. The molecule has 8 N–H and O–H groups in total. The topological polar surface area (TPSA) is 254 Å². The molecule has 1 aromatic heterocycles. The summed E-state index contributed by atoms with van der Waals surface area (Å²) in [5, 5.41) is 48.8. The molecule has 51 heavy (non-hydrogen) atoms. The second-order valence-corrected chi connectivity index (χ2v) is 15.2.